The zero-order valence-corrected chi connectivity index (χ0v) is 12.3. The third-order valence-electron chi connectivity index (χ3n) is 4.09. The van der Waals surface area contributed by atoms with Gasteiger partial charge in [-0.2, -0.15) is 5.10 Å². The van der Waals surface area contributed by atoms with Crippen LogP contribution < -0.4 is 10.6 Å². The Morgan fingerprint density at radius 2 is 2.26 bits per heavy atom. The van der Waals surface area contributed by atoms with Crippen LogP contribution in [0.1, 0.15) is 36.7 Å². The molecule has 0 saturated carbocycles. The molecule has 5 heteroatoms. The Morgan fingerprint density at radius 3 is 2.84 bits per heavy atom. The fraction of sp³-hybridized carbons (Fsp3) is 0.714. The molecule has 0 aromatic carbocycles. The molecule has 1 saturated heterocycles. The van der Waals surface area contributed by atoms with Crippen LogP contribution in [-0.4, -0.2) is 28.3 Å². The van der Waals surface area contributed by atoms with Crippen LogP contribution in [-0.2, 0) is 18.4 Å². The highest BCUT2D eigenvalue weighted by molar-refractivity contribution is 5.78. The fourth-order valence-corrected chi connectivity index (χ4v) is 2.76. The third kappa shape index (κ3) is 3.15. The number of aromatic nitrogens is 2. The summed E-state index contributed by atoms with van der Waals surface area (Å²) in [7, 11) is 1.93. The van der Waals surface area contributed by atoms with Gasteiger partial charge in [0.15, 0.2) is 0 Å². The number of piperidine rings is 1. The SMILES string of the molecule is Cc1nn(C)c(C)c1CNC(=O)[C@H]1CCN[C@@H](C)C1. The van der Waals surface area contributed by atoms with Crippen molar-refractivity contribution in [2.75, 3.05) is 6.54 Å². The summed E-state index contributed by atoms with van der Waals surface area (Å²) in [6.07, 6.45) is 1.86. The van der Waals surface area contributed by atoms with Gasteiger partial charge in [-0.1, -0.05) is 0 Å². The Kier molecular flexibility index (Phi) is 4.24. The van der Waals surface area contributed by atoms with E-state index in [1.54, 1.807) is 0 Å². The van der Waals surface area contributed by atoms with Crippen molar-refractivity contribution >= 4 is 5.91 Å². The maximum Gasteiger partial charge on any atom is 0.223 e. The lowest BCUT2D eigenvalue weighted by Gasteiger charge is -2.27. The van der Waals surface area contributed by atoms with Gasteiger partial charge in [0.1, 0.15) is 0 Å². The van der Waals surface area contributed by atoms with Gasteiger partial charge < -0.3 is 10.6 Å². The van der Waals surface area contributed by atoms with Crippen LogP contribution in [0.15, 0.2) is 0 Å². The maximum absolute atomic E-state index is 12.2. The van der Waals surface area contributed by atoms with Gasteiger partial charge in [0, 0.05) is 36.8 Å². The highest BCUT2D eigenvalue weighted by atomic mass is 16.1. The van der Waals surface area contributed by atoms with Crippen molar-refractivity contribution < 1.29 is 4.79 Å². The highest BCUT2D eigenvalue weighted by Crippen LogP contribution is 2.17. The van der Waals surface area contributed by atoms with Gasteiger partial charge in [0.25, 0.3) is 0 Å². The lowest BCUT2D eigenvalue weighted by atomic mass is 9.92. The lowest BCUT2D eigenvalue weighted by Crippen LogP contribution is -2.42. The minimum Gasteiger partial charge on any atom is -0.352 e. The number of hydrogen-bond donors (Lipinski definition) is 2. The fourth-order valence-electron chi connectivity index (χ4n) is 2.76. The molecule has 0 spiro atoms. The van der Waals surface area contributed by atoms with Crippen molar-refractivity contribution in [1.82, 2.24) is 20.4 Å². The summed E-state index contributed by atoms with van der Waals surface area (Å²) in [5.41, 5.74) is 3.26. The number of amides is 1. The van der Waals surface area contributed by atoms with Crippen molar-refractivity contribution in [3.05, 3.63) is 17.0 Å². The third-order valence-corrected chi connectivity index (χ3v) is 4.09. The van der Waals surface area contributed by atoms with Crippen LogP contribution in [0.3, 0.4) is 0 Å². The second kappa shape index (κ2) is 5.74. The van der Waals surface area contributed by atoms with E-state index in [9.17, 15) is 4.79 Å². The van der Waals surface area contributed by atoms with Gasteiger partial charge in [0.05, 0.1) is 5.69 Å². The molecule has 1 amide bonds. The molecule has 106 valence electrons. The Morgan fingerprint density at radius 1 is 1.53 bits per heavy atom. The Hall–Kier alpha value is -1.36. The van der Waals surface area contributed by atoms with Gasteiger partial charge in [-0.3, -0.25) is 9.48 Å². The summed E-state index contributed by atoms with van der Waals surface area (Å²) in [5.74, 6) is 0.324. The minimum absolute atomic E-state index is 0.147. The molecule has 2 heterocycles. The van der Waals surface area contributed by atoms with E-state index < -0.39 is 0 Å². The monoisotopic (exact) mass is 264 g/mol. The van der Waals surface area contributed by atoms with Gasteiger partial charge in [-0.05, 0) is 40.2 Å². The summed E-state index contributed by atoms with van der Waals surface area (Å²) in [5, 5.41) is 10.8. The Balaban J connectivity index is 1.93. The Labute approximate surface area is 114 Å². The van der Waals surface area contributed by atoms with E-state index in [-0.39, 0.29) is 11.8 Å². The van der Waals surface area contributed by atoms with Crippen molar-refractivity contribution in [3.63, 3.8) is 0 Å². The molecule has 1 aromatic rings. The van der Waals surface area contributed by atoms with Crippen molar-refractivity contribution in [2.24, 2.45) is 13.0 Å². The van der Waals surface area contributed by atoms with Crippen molar-refractivity contribution in [3.8, 4) is 0 Å². The standard InChI is InChI=1S/C14H24N4O/c1-9-7-12(5-6-15-9)14(19)16-8-13-10(2)17-18(4)11(13)3/h9,12,15H,5-8H2,1-4H3,(H,16,19)/t9-,12-/m0/s1. The predicted octanol–water partition coefficient (Wildman–Crippen LogP) is 1.04. The molecule has 1 aromatic heterocycles. The number of nitrogens with one attached hydrogen (secondary N) is 2. The smallest absolute Gasteiger partial charge is 0.223 e. The summed E-state index contributed by atoms with van der Waals surface area (Å²) < 4.78 is 1.86. The number of nitrogens with zero attached hydrogens (tertiary/aromatic N) is 2. The van der Waals surface area contributed by atoms with Crippen LogP contribution in [0.4, 0.5) is 0 Å². The molecular formula is C14H24N4O. The van der Waals surface area contributed by atoms with E-state index in [0.29, 0.717) is 12.6 Å². The quantitative estimate of drug-likeness (QED) is 0.857. The Bertz CT molecular complexity index is 466. The van der Waals surface area contributed by atoms with E-state index in [4.69, 9.17) is 0 Å². The van der Waals surface area contributed by atoms with Gasteiger partial charge in [-0.15, -0.1) is 0 Å². The normalized spacial score (nSPS) is 23.4. The first-order chi connectivity index (χ1) is 8.99. The van der Waals surface area contributed by atoms with Crippen LogP contribution in [0.2, 0.25) is 0 Å². The first-order valence-electron chi connectivity index (χ1n) is 6.99. The second-order valence-corrected chi connectivity index (χ2v) is 5.57. The first kappa shape index (κ1) is 14.1. The first-order valence-corrected chi connectivity index (χ1v) is 6.99. The van der Waals surface area contributed by atoms with Gasteiger partial charge >= 0.3 is 0 Å². The van der Waals surface area contributed by atoms with Gasteiger partial charge in [-0.25, -0.2) is 0 Å². The molecule has 2 rings (SSSR count). The number of aryl methyl sites for hydroxylation is 2. The van der Waals surface area contributed by atoms with Crippen LogP contribution in [0.5, 0.6) is 0 Å². The summed E-state index contributed by atoms with van der Waals surface area (Å²) in [4.78, 5) is 12.2. The largest absolute Gasteiger partial charge is 0.352 e. The molecule has 19 heavy (non-hydrogen) atoms. The molecular weight excluding hydrogens is 240 g/mol. The zero-order chi connectivity index (χ0) is 14.0. The molecule has 2 atom stereocenters. The summed E-state index contributed by atoms with van der Waals surface area (Å²) in [6, 6.07) is 0.436. The highest BCUT2D eigenvalue weighted by Gasteiger charge is 2.24. The number of hydrogen-bond acceptors (Lipinski definition) is 3. The van der Waals surface area contributed by atoms with E-state index in [1.165, 1.54) is 0 Å². The van der Waals surface area contributed by atoms with Crippen molar-refractivity contribution in [1.29, 1.82) is 0 Å². The lowest BCUT2D eigenvalue weighted by molar-refractivity contribution is -0.126. The van der Waals surface area contributed by atoms with Crippen molar-refractivity contribution in [2.45, 2.75) is 46.2 Å². The maximum atomic E-state index is 12.2. The molecule has 5 nitrogen and oxygen atoms in total. The van der Waals surface area contributed by atoms with Crippen LogP contribution >= 0.6 is 0 Å². The minimum atomic E-state index is 0.147. The molecule has 0 radical (unpaired) electrons. The molecule has 2 N–H and O–H groups in total. The average Bonchev–Trinajstić information content (AvgIpc) is 2.61. The molecule has 1 aliphatic rings. The van der Waals surface area contributed by atoms with E-state index in [0.717, 1.165) is 36.3 Å². The molecule has 0 bridgehead atoms. The van der Waals surface area contributed by atoms with E-state index >= 15 is 0 Å². The molecule has 1 fully saturated rings. The van der Waals surface area contributed by atoms with Crippen LogP contribution in [0, 0.1) is 19.8 Å². The average molecular weight is 264 g/mol. The topological polar surface area (TPSA) is 59.0 Å². The number of carbonyl (C=O) groups excluding carboxylic acids is 1. The predicted molar refractivity (Wildman–Crippen MR) is 74.7 cm³/mol. The molecule has 1 aliphatic heterocycles. The zero-order valence-electron chi connectivity index (χ0n) is 12.3. The summed E-state index contributed by atoms with van der Waals surface area (Å²) in [6.45, 7) is 7.68. The molecule has 0 unspecified atom stereocenters. The van der Waals surface area contributed by atoms with Gasteiger partial charge in [0.2, 0.25) is 5.91 Å². The number of rotatable bonds is 3. The summed E-state index contributed by atoms with van der Waals surface area (Å²) >= 11 is 0. The van der Waals surface area contributed by atoms with E-state index in [2.05, 4.69) is 22.7 Å². The van der Waals surface area contributed by atoms with E-state index in [1.807, 2.05) is 25.6 Å². The number of carbonyl (C=O) groups is 1. The molecule has 0 aliphatic carbocycles. The second-order valence-electron chi connectivity index (χ2n) is 5.57. The van der Waals surface area contributed by atoms with Crippen LogP contribution in [0.25, 0.3) is 0 Å².